The number of aryl methyl sites for hydroxylation is 2. The van der Waals surface area contributed by atoms with E-state index in [1.165, 1.54) is 17.7 Å². The molecule has 21 heavy (non-hydrogen) atoms. The SMILES string of the molecule is Cc1[nH]c2c(OCCc3ccc(F)cc3)nccc2c1C. The van der Waals surface area contributed by atoms with Crippen molar-refractivity contribution in [1.29, 1.82) is 0 Å². The molecule has 4 heteroatoms. The second kappa shape index (κ2) is 5.56. The van der Waals surface area contributed by atoms with Crippen molar-refractivity contribution in [2.24, 2.45) is 0 Å². The zero-order valence-corrected chi connectivity index (χ0v) is 12.1. The summed E-state index contributed by atoms with van der Waals surface area (Å²) < 4.78 is 18.6. The molecule has 0 aliphatic carbocycles. The number of hydrogen-bond acceptors (Lipinski definition) is 2. The van der Waals surface area contributed by atoms with Crippen molar-refractivity contribution in [1.82, 2.24) is 9.97 Å². The number of fused-ring (bicyclic) bond motifs is 1. The molecule has 0 fully saturated rings. The Morgan fingerprint density at radius 2 is 1.90 bits per heavy atom. The van der Waals surface area contributed by atoms with E-state index in [4.69, 9.17) is 4.74 Å². The summed E-state index contributed by atoms with van der Waals surface area (Å²) in [6.45, 7) is 4.63. The van der Waals surface area contributed by atoms with Crippen molar-refractivity contribution in [3.05, 3.63) is 59.2 Å². The van der Waals surface area contributed by atoms with E-state index in [2.05, 4.69) is 16.9 Å². The number of halogens is 1. The summed E-state index contributed by atoms with van der Waals surface area (Å²) >= 11 is 0. The molecule has 2 heterocycles. The lowest BCUT2D eigenvalue weighted by atomic mass is 10.1. The van der Waals surface area contributed by atoms with Crippen LogP contribution >= 0.6 is 0 Å². The van der Waals surface area contributed by atoms with Crippen LogP contribution in [0.15, 0.2) is 36.5 Å². The molecular weight excluding hydrogens is 267 g/mol. The predicted octanol–water partition coefficient (Wildman–Crippen LogP) is 3.94. The van der Waals surface area contributed by atoms with E-state index >= 15 is 0 Å². The molecule has 0 saturated heterocycles. The van der Waals surface area contributed by atoms with Crippen molar-refractivity contribution in [2.45, 2.75) is 20.3 Å². The van der Waals surface area contributed by atoms with Gasteiger partial charge in [0, 0.05) is 23.7 Å². The van der Waals surface area contributed by atoms with Crippen LogP contribution < -0.4 is 4.74 Å². The highest BCUT2D eigenvalue weighted by atomic mass is 19.1. The van der Waals surface area contributed by atoms with Crippen LogP contribution in [0.3, 0.4) is 0 Å². The van der Waals surface area contributed by atoms with Crippen molar-refractivity contribution in [3.8, 4) is 5.88 Å². The Labute approximate surface area is 122 Å². The van der Waals surface area contributed by atoms with Gasteiger partial charge in [0.1, 0.15) is 11.3 Å². The number of H-pyrrole nitrogens is 1. The molecule has 0 atom stereocenters. The maximum atomic E-state index is 12.8. The van der Waals surface area contributed by atoms with Gasteiger partial charge < -0.3 is 9.72 Å². The van der Waals surface area contributed by atoms with Gasteiger partial charge in [0.05, 0.1) is 6.61 Å². The fourth-order valence-corrected chi connectivity index (χ4v) is 2.39. The second-order valence-electron chi connectivity index (χ2n) is 5.14. The number of rotatable bonds is 4. The summed E-state index contributed by atoms with van der Waals surface area (Å²) in [5.74, 6) is 0.397. The lowest BCUT2D eigenvalue weighted by molar-refractivity contribution is 0.313. The Balaban J connectivity index is 1.73. The largest absolute Gasteiger partial charge is 0.476 e. The molecule has 2 aromatic heterocycles. The molecule has 1 N–H and O–H groups in total. The molecule has 0 spiro atoms. The fourth-order valence-electron chi connectivity index (χ4n) is 2.39. The van der Waals surface area contributed by atoms with E-state index < -0.39 is 0 Å². The average Bonchev–Trinajstić information content (AvgIpc) is 2.78. The summed E-state index contributed by atoms with van der Waals surface area (Å²) in [7, 11) is 0. The maximum Gasteiger partial charge on any atom is 0.238 e. The van der Waals surface area contributed by atoms with Gasteiger partial charge in [0.15, 0.2) is 0 Å². The van der Waals surface area contributed by atoms with Crippen LogP contribution in [0.5, 0.6) is 5.88 Å². The van der Waals surface area contributed by atoms with Gasteiger partial charge in [-0.25, -0.2) is 9.37 Å². The first-order chi connectivity index (χ1) is 10.1. The molecule has 1 aromatic carbocycles. The topological polar surface area (TPSA) is 37.9 Å². The average molecular weight is 284 g/mol. The van der Waals surface area contributed by atoms with E-state index in [-0.39, 0.29) is 5.82 Å². The Kier molecular flexibility index (Phi) is 3.60. The third-order valence-corrected chi connectivity index (χ3v) is 3.74. The van der Waals surface area contributed by atoms with Gasteiger partial charge >= 0.3 is 0 Å². The molecule has 0 bridgehead atoms. The van der Waals surface area contributed by atoms with Crippen molar-refractivity contribution >= 4 is 10.9 Å². The summed E-state index contributed by atoms with van der Waals surface area (Å²) in [6.07, 6.45) is 2.48. The van der Waals surface area contributed by atoms with Crippen LogP contribution in [0.2, 0.25) is 0 Å². The minimum Gasteiger partial charge on any atom is -0.476 e. The maximum absolute atomic E-state index is 12.8. The zero-order valence-electron chi connectivity index (χ0n) is 12.1. The van der Waals surface area contributed by atoms with Crippen LogP contribution in [0.25, 0.3) is 10.9 Å². The Bertz CT molecular complexity index is 762. The first-order valence-corrected chi connectivity index (χ1v) is 6.96. The van der Waals surface area contributed by atoms with Crippen LogP contribution in [0.4, 0.5) is 4.39 Å². The number of nitrogens with zero attached hydrogens (tertiary/aromatic N) is 1. The molecule has 3 rings (SSSR count). The summed E-state index contributed by atoms with van der Waals surface area (Å²) in [4.78, 5) is 7.61. The molecule has 0 aliphatic heterocycles. The van der Waals surface area contributed by atoms with Gasteiger partial charge in [-0.1, -0.05) is 12.1 Å². The van der Waals surface area contributed by atoms with E-state index in [9.17, 15) is 4.39 Å². The van der Waals surface area contributed by atoms with E-state index in [1.807, 2.05) is 13.0 Å². The van der Waals surface area contributed by atoms with Gasteiger partial charge in [0.25, 0.3) is 0 Å². The summed E-state index contributed by atoms with van der Waals surface area (Å²) in [6, 6.07) is 8.46. The van der Waals surface area contributed by atoms with Gasteiger partial charge in [0.2, 0.25) is 5.88 Å². The van der Waals surface area contributed by atoms with Gasteiger partial charge in [-0.2, -0.15) is 0 Å². The van der Waals surface area contributed by atoms with E-state index in [0.29, 0.717) is 12.5 Å². The zero-order chi connectivity index (χ0) is 14.8. The number of hydrogen-bond donors (Lipinski definition) is 1. The quantitative estimate of drug-likeness (QED) is 0.788. The highest BCUT2D eigenvalue weighted by Crippen LogP contribution is 2.27. The van der Waals surface area contributed by atoms with Crippen LogP contribution in [-0.4, -0.2) is 16.6 Å². The monoisotopic (exact) mass is 284 g/mol. The number of ether oxygens (including phenoxy) is 1. The van der Waals surface area contributed by atoms with Gasteiger partial charge in [-0.05, 0) is 43.2 Å². The third-order valence-electron chi connectivity index (χ3n) is 3.74. The van der Waals surface area contributed by atoms with Crippen LogP contribution in [-0.2, 0) is 6.42 Å². The standard InChI is InChI=1S/C17H17FN2O/c1-11-12(2)20-16-15(11)7-9-19-17(16)21-10-8-13-3-5-14(18)6-4-13/h3-7,9,20H,8,10H2,1-2H3. The minimum absolute atomic E-state index is 0.219. The summed E-state index contributed by atoms with van der Waals surface area (Å²) in [5.41, 5.74) is 4.33. The first-order valence-electron chi connectivity index (χ1n) is 6.96. The highest BCUT2D eigenvalue weighted by molar-refractivity contribution is 5.87. The predicted molar refractivity (Wildman–Crippen MR) is 81.2 cm³/mol. The van der Waals surface area contributed by atoms with Crippen LogP contribution in [0, 0.1) is 19.7 Å². The number of aromatic amines is 1. The van der Waals surface area contributed by atoms with Gasteiger partial charge in [-0.15, -0.1) is 0 Å². The molecule has 0 unspecified atom stereocenters. The number of aromatic nitrogens is 2. The Morgan fingerprint density at radius 1 is 1.14 bits per heavy atom. The molecule has 108 valence electrons. The fraction of sp³-hybridized carbons (Fsp3) is 0.235. The van der Waals surface area contributed by atoms with Crippen molar-refractivity contribution < 1.29 is 9.13 Å². The highest BCUT2D eigenvalue weighted by Gasteiger charge is 2.10. The smallest absolute Gasteiger partial charge is 0.238 e. The van der Waals surface area contributed by atoms with Gasteiger partial charge in [-0.3, -0.25) is 0 Å². The normalized spacial score (nSPS) is 11.0. The Hall–Kier alpha value is -2.36. The lowest BCUT2D eigenvalue weighted by Gasteiger charge is -2.06. The van der Waals surface area contributed by atoms with E-state index in [0.717, 1.165) is 28.6 Å². The molecule has 0 saturated carbocycles. The number of nitrogens with one attached hydrogen (secondary N) is 1. The van der Waals surface area contributed by atoms with Crippen molar-refractivity contribution in [2.75, 3.05) is 6.61 Å². The molecule has 0 radical (unpaired) electrons. The molecule has 0 aliphatic rings. The second-order valence-corrected chi connectivity index (χ2v) is 5.14. The van der Waals surface area contributed by atoms with Crippen LogP contribution in [0.1, 0.15) is 16.8 Å². The minimum atomic E-state index is -0.219. The first kappa shape index (κ1) is 13.6. The molecule has 3 nitrogen and oxygen atoms in total. The van der Waals surface area contributed by atoms with Crippen molar-refractivity contribution in [3.63, 3.8) is 0 Å². The number of pyridine rings is 1. The van der Waals surface area contributed by atoms with E-state index in [1.54, 1.807) is 18.3 Å². The molecule has 0 amide bonds. The lowest BCUT2D eigenvalue weighted by Crippen LogP contribution is -2.03. The summed E-state index contributed by atoms with van der Waals surface area (Å²) in [5, 5.41) is 1.14. The molecule has 3 aromatic rings. The third kappa shape index (κ3) is 2.75. The molecular formula is C17H17FN2O. The number of benzene rings is 1. The Morgan fingerprint density at radius 3 is 2.67 bits per heavy atom.